The molecule has 0 radical (unpaired) electrons. The van der Waals surface area contributed by atoms with Gasteiger partial charge in [-0.1, -0.05) is 0 Å². The quantitative estimate of drug-likeness (QED) is 0.841. The van der Waals surface area contributed by atoms with Gasteiger partial charge in [-0.05, 0) is 24.3 Å². The summed E-state index contributed by atoms with van der Waals surface area (Å²) in [5.41, 5.74) is 7.00. The fourth-order valence-corrected chi connectivity index (χ4v) is 1.43. The van der Waals surface area contributed by atoms with Gasteiger partial charge in [-0.25, -0.2) is 14.4 Å². The molecule has 2 aromatic rings. The number of nitrogens with zero attached hydrogens (tertiary/aromatic N) is 2. The summed E-state index contributed by atoms with van der Waals surface area (Å²) in [5.74, 6) is 0.453. The van der Waals surface area contributed by atoms with Crippen LogP contribution in [0.15, 0.2) is 36.7 Å². The van der Waals surface area contributed by atoms with Gasteiger partial charge in [0, 0.05) is 24.7 Å². The standard InChI is InChI=1S/C12H13FN4/c13-10-3-1-9(2-4-10)11-7-12(15-6-5-14)17-8-16-11/h1-4,7-8H,5-6,14H2,(H,15,16,17). The van der Waals surface area contributed by atoms with E-state index in [1.807, 2.05) is 6.07 Å². The van der Waals surface area contributed by atoms with Gasteiger partial charge in [0.1, 0.15) is 18.0 Å². The molecule has 0 aliphatic carbocycles. The Bertz CT molecular complexity index is 484. The number of rotatable bonds is 4. The van der Waals surface area contributed by atoms with E-state index >= 15 is 0 Å². The van der Waals surface area contributed by atoms with Gasteiger partial charge in [-0.15, -0.1) is 0 Å². The molecule has 0 fully saturated rings. The van der Waals surface area contributed by atoms with Crippen molar-refractivity contribution in [2.75, 3.05) is 18.4 Å². The molecule has 0 unspecified atom stereocenters. The Labute approximate surface area is 98.7 Å². The summed E-state index contributed by atoms with van der Waals surface area (Å²) in [5, 5.41) is 3.07. The summed E-state index contributed by atoms with van der Waals surface area (Å²) in [6.07, 6.45) is 1.47. The number of benzene rings is 1. The second kappa shape index (κ2) is 5.36. The highest BCUT2D eigenvalue weighted by Crippen LogP contribution is 2.18. The van der Waals surface area contributed by atoms with Crippen molar-refractivity contribution in [2.24, 2.45) is 5.73 Å². The summed E-state index contributed by atoms with van der Waals surface area (Å²) < 4.78 is 12.8. The van der Waals surface area contributed by atoms with E-state index in [2.05, 4.69) is 15.3 Å². The fourth-order valence-electron chi connectivity index (χ4n) is 1.43. The van der Waals surface area contributed by atoms with Crippen molar-refractivity contribution >= 4 is 5.82 Å². The normalized spacial score (nSPS) is 10.2. The van der Waals surface area contributed by atoms with E-state index < -0.39 is 0 Å². The second-order valence-electron chi connectivity index (χ2n) is 3.51. The Hall–Kier alpha value is -2.01. The van der Waals surface area contributed by atoms with Gasteiger partial charge in [0.2, 0.25) is 0 Å². The molecule has 2 rings (SSSR count). The summed E-state index contributed by atoms with van der Waals surface area (Å²) in [6.45, 7) is 1.19. The first-order valence-corrected chi connectivity index (χ1v) is 5.31. The van der Waals surface area contributed by atoms with Crippen LogP contribution in [0, 0.1) is 5.82 Å². The largest absolute Gasteiger partial charge is 0.369 e. The number of nitrogens with two attached hydrogens (primary N) is 1. The lowest BCUT2D eigenvalue weighted by atomic mass is 10.1. The maximum atomic E-state index is 12.8. The fraction of sp³-hybridized carbons (Fsp3) is 0.167. The second-order valence-corrected chi connectivity index (χ2v) is 3.51. The highest BCUT2D eigenvalue weighted by molar-refractivity contribution is 5.61. The maximum Gasteiger partial charge on any atom is 0.129 e. The van der Waals surface area contributed by atoms with Crippen LogP contribution in [0.4, 0.5) is 10.2 Å². The third-order valence-corrected chi connectivity index (χ3v) is 2.26. The first kappa shape index (κ1) is 11.5. The van der Waals surface area contributed by atoms with Crippen LogP contribution in [0.2, 0.25) is 0 Å². The highest BCUT2D eigenvalue weighted by atomic mass is 19.1. The lowest BCUT2D eigenvalue weighted by molar-refractivity contribution is 0.628. The Balaban J connectivity index is 2.23. The van der Waals surface area contributed by atoms with Gasteiger partial charge in [-0.3, -0.25) is 0 Å². The molecule has 0 atom stereocenters. The van der Waals surface area contributed by atoms with Crippen LogP contribution in [0.1, 0.15) is 0 Å². The Kier molecular flexibility index (Phi) is 3.62. The van der Waals surface area contributed by atoms with Crippen LogP contribution < -0.4 is 11.1 Å². The lowest BCUT2D eigenvalue weighted by Crippen LogP contribution is -2.13. The molecule has 0 saturated carbocycles. The maximum absolute atomic E-state index is 12.8. The zero-order chi connectivity index (χ0) is 12.1. The van der Waals surface area contributed by atoms with Crippen LogP contribution in [-0.2, 0) is 0 Å². The van der Waals surface area contributed by atoms with Crippen molar-refractivity contribution in [3.8, 4) is 11.3 Å². The summed E-state index contributed by atoms with van der Waals surface area (Å²) in [4.78, 5) is 8.21. The summed E-state index contributed by atoms with van der Waals surface area (Å²) in [6, 6.07) is 7.99. The molecule has 0 bridgehead atoms. The van der Waals surface area contributed by atoms with E-state index in [1.54, 1.807) is 12.1 Å². The zero-order valence-electron chi connectivity index (χ0n) is 9.23. The Morgan fingerprint density at radius 3 is 2.65 bits per heavy atom. The topological polar surface area (TPSA) is 63.8 Å². The Morgan fingerprint density at radius 1 is 1.18 bits per heavy atom. The predicted octanol–water partition coefficient (Wildman–Crippen LogP) is 1.65. The van der Waals surface area contributed by atoms with Gasteiger partial charge < -0.3 is 11.1 Å². The van der Waals surface area contributed by atoms with Crippen molar-refractivity contribution < 1.29 is 4.39 Å². The average Bonchev–Trinajstić information content (AvgIpc) is 2.37. The van der Waals surface area contributed by atoms with Gasteiger partial charge in [0.05, 0.1) is 5.69 Å². The van der Waals surface area contributed by atoms with Crippen LogP contribution in [0.25, 0.3) is 11.3 Å². The molecular weight excluding hydrogens is 219 g/mol. The van der Waals surface area contributed by atoms with Crippen molar-refractivity contribution in [1.29, 1.82) is 0 Å². The van der Waals surface area contributed by atoms with Gasteiger partial charge in [0.15, 0.2) is 0 Å². The molecule has 0 aliphatic rings. The van der Waals surface area contributed by atoms with E-state index in [9.17, 15) is 4.39 Å². The molecule has 0 aliphatic heterocycles. The molecule has 3 N–H and O–H groups in total. The third kappa shape index (κ3) is 2.98. The SMILES string of the molecule is NCCNc1cc(-c2ccc(F)cc2)ncn1. The van der Waals surface area contributed by atoms with Crippen molar-refractivity contribution in [1.82, 2.24) is 9.97 Å². The van der Waals surface area contributed by atoms with Crippen molar-refractivity contribution in [2.45, 2.75) is 0 Å². The molecule has 17 heavy (non-hydrogen) atoms. The van der Waals surface area contributed by atoms with E-state index in [1.165, 1.54) is 18.5 Å². The van der Waals surface area contributed by atoms with E-state index in [4.69, 9.17) is 5.73 Å². The Morgan fingerprint density at radius 2 is 1.94 bits per heavy atom. The highest BCUT2D eigenvalue weighted by Gasteiger charge is 2.01. The number of hydrogen-bond donors (Lipinski definition) is 2. The molecule has 0 spiro atoms. The van der Waals surface area contributed by atoms with Gasteiger partial charge in [-0.2, -0.15) is 0 Å². The van der Waals surface area contributed by atoms with Gasteiger partial charge in [0.25, 0.3) is 0 Å². The molecule has 0 saturated heterocycles. The summed E-state index contributed by atoms with van der Waals surface area (Å²) in [7, 11) is 0. The molecule has 1 aromatic heterocycles. The third-order valence-electron chi connectivity index (χ3n) is 2.26. The van der Waals surface area contributed by atoms with E-state index in [0.29, 0.717) is 18.9 Å². The smallest absolute Gasteiger partial charge is 0.129 e. The number of nitrogens with one attached hydrogen (secondary N) is 1. The van der Waals surface area contributed by atoms with Crippen LogP contribution in [-0.4, -0.2) is 23.1 Å². The molecule has 1 heterocycles. The molecule has 4 nitrogen and oxygen atoms in total. The summed E-state index contributed by atoms with van der Waals surface area (Å²) >= 11 is 0. The predicted molar refractivity (Wildman–Crippen MR) is 65.0 cm³/mol. The molecule has 0 amide bonds. The number of aromatic nitrogens is 2. The average molecular weight is 232 g/mol. The molecule has 5 heteroatoms. The minimum absolute atomic E-state index is 0.260. The van der Waals surface area contributed by atoms with Crippen LogP contribution >= 0.6 is 0 Å². The molecular formula is C12H13FN4. The monoisotopic (exact) mass is 232 g/mol. The van der Waals surface area contributed by atoms with Crippen LogP contribution in [0.5, 0.6) is 0 Å². The first-order chi connectivity index (χ1) is 8.29. The minimum atomic E-state index is -0.260. The number of halogens is 1. The van der Waals surface area contributed by atoms with E-state index in [0.717, 1.165) is 11.3 Å². The first-order valence-electron chi connectivity index (χ1n) is 5.31. The molecule has 1 aromatic carbocycles. The molecule has 88 valence electrons. The minimum Gasteiger partial charge on any atom is -0.369 e. The zero-order valence-corrected chi connectivity index (χ0v) is 9.23. The van der Waals surface area contributed by atoms with Crippen LogP contribution in [0.3, 0.4) is 0 Å². The number of hydrogen-bond acceptors (Lipinski definition) is 4. The number of anilines is 1. The van der Waals surface area contributed by atoms with Crippen molar-refractivity contribution in [3.05, 3.63) is 42.5 Å². The lowest BCUT2D eigenvalue weighted by Gasteiger charge is -2.05. The van der Waals surface area contributed by atoms with Crippen molar-refractivity contribution in [3.63, 3.8) is 0 Å². The van der Waals surface area contributed by atoms with Gasteiger partial charge >= 0.3 is 0 Å². The van der Waals surface area contributed by atoms with E-state index in [-0.39, 0.29) is 5.82 Å².